The first-order valence-corrected chi connectivity index (χ1v) is 6.17. The molecule has 0 aromatic rings. The number of nitrogens with two attached hydrogens (primary N) is 1. The Morgan fingerprint density at radius 1 is 1.43 bits per heavy atom. The van der Waals surface area contributed by atoms with E-state index >= 15 is 0 Å². The van der Waals surface area contributed by atoms with Crippen LogP contribution in [0.15, 0.2) is 0 Å². The van der Waals surface area contributed by atoms with E-state index in [1.54, 1.807) is 0 Å². The highest BCUT2D eigenvalue weighted by Gasteiger charge is 2.22. The highest BCUT2D eigenvalue weighted by atomic mass is 32.2. The van der Waals surface area contributed by atoms with Crippen molar-refractivity contribution in [2.24, 2.45) is 5.73 Å². The Balaban J connectivity index is 4.33. The molecule has 3 N–H and O–H groups in total. The summed E-state index contributed by atoms with van der Waals surface area (Å²) in [6.07, 6.45) is 1.23. The minimum absolute atomic E-state index is 0.486. The summed E-state index contributed by atoms with van der Waals surface area (Å²) in [5.74, 6) is -0.624. The van der Waals surface area contributed by atoms with Crippen LogP contribution in [-0.2, 0) is 14.8 Å². The molecule has 0 fully saturated rings. The van der Waals surface area contributed by atoms with Gasteiger partial charge in [-0.25, -0.2) is 8.42 Å². The third-order valence-electron chi connectivity index (χ3n) is 1.80. The van der Waals surface area contributed by atoms with Gasteiger partial charge >= 0.3 is 0 Å². The second kappa shape index (κ2) is 5.31. The Labute approximate surface area is 85.1 Å². The molecular formula is C8H18N2O3S. The number of hydrogen-bond acceptors (Lipinski definition) is 4. The number of sulfonamides is 1. The molecule has 0 saturated heterocycles. The van der Waals surface area contributed by atoms with Gasteiger partial charge in [0.25, 0.3) is 0 Å². The van der Waals surface area contributed by atoms with Crippen molar-refractivity contribution in [3.8, 4) is 0 Å². The fraction of sp³-hybridized carbons (Fsp3) is 0.875. The fourth-order valence-electron chi connectivity index (χ4n) is 0.776. The Bertz CT molecular complexity index is 285. The lowest BCUT2D eigenvalue weighted by Crippen LogP contribution is -2.45. The van der Waals surface area contributed by atoms with Crippen LogP contribution in [0, 0.1) is 0 Å². The van der Waals surface area contributed by atoms with E-state index in [1.165, 1.54) is 13.8 Å². The zero-order valence-electron chi connectivity index (χ0n) is 8.78. The maximum absolute atomic E-state index is 11.3. The third-order valence-corrected chi connectivity index (χ3v) is 3.53. The molecule has 0 bridgehead atoms. The number of hydrogen-bond donors (Lipinski definition) is 2. The molecule has 0 aromatic heterocycles. The second-order valence-corrected chi connectivity index (χ2v) is 5.69. The molecule has 0 heterocycles. The van der Waals surface area contributed by atoms with Gasteiger partial charge in [0.05, 0.1) is 11.3 Å². The minimum Gasteiger partial charge on any atom is -0.320 e. The molecule has 0 rings (SSSR count). The fourth-order valence-corrected chi connectivity index (χ4v) is 1.44. The zero-order valence-corrected chi connectivity index (χ0v) is 9.60. The maximum Gasteiger partial charge on any atom is 0.250 e. The average Bonchev–Trinajstić information content (AvgIpc) is 2.03. The molecule has 0 aliphatic heterocycles. The summed E-state index contributed by atoms with van der Waals surface area (Å²) in [4.78, 5) is 11.2. The standard InChI is InChI=1S/C8H18N2O3S/c1-4-5-7(9)8(11)10-14(12,13)6(2)3/h6-7H,4-5,9H2,1-3H3,(H,10,11)/t7-/m1/s1. The predicted molar refractivity (Wildman–Crippen MR) is 55.1 cm³/mol. The average molecular weight is 222 g/mol. The van der Waals surface area contributed by atoms with E-state index in [1.807, 2.05) is 11.6 Å². The topological polar surface area (TPSA) is 89.3 Å². The number of rotatable bonds is 5. The lowest BCUT2D eigenvalue weighted by molar-refractivity contribution is -0.120. The molecule has 0 spiro atoms. The van der Waals surface area contributed by atoms with Gasteiger partial charge in [0.15, 0.2) is 0 Å². The van der Waals surface area contributed by atoms with Crippen molar-refractivity contribution >= 4 is 15.9 Å². The Kier molecular flexibility index (Phi) is 5.07. The van der Waals surface area contributed by atoms with Crippen molar-refractivity contribution in [1.29, 1.82) is 0 Å². The molecule has 0 aromatic carbocycles. The third kappa shape index (κ3) is 4.06. The normalized spacial score (nSPS) is 14.1. The summed E-state index contributed by atoms with van der Waals surface area (Å²) in [5.41, 5.74) is 5.46. The largest absolute Gasteiger partial charge is 0.320 e. The van der Waals surface area contributed by atoms with Crippen molar-refractivity contribution in [3.63, 3.8) is 0 Å². The van der Waals surface area contributed by atoms with E-state index < -0.39 is 27.2 Å². The van der Waals surface area contributed by atoms with Gasteiger partial charge in [-0.3, -0.25) is 9.52 Å². The van der Waals surface area contributed by atoms with Gasteiger partial charge in [0, 0.05) is 0 Å². The van der Waals surface area contributed by atoms with Gasteiger partial charge in [-0.1, -0.05) is 13.3 Å². The van der Waals surface area contributed by atoms with E-state index in [2.05, 4.69) is 0 Å². The van der Waals surface area contributed by atoms with E-state index in [-0.39, 0.29) is 0 Å². The van der Waals surface area contributed by atoms with Crippen LogP contribution < -0.4 is 10.5 Å². The van der Waals surface area contributed by atoms with Gasteiger partial charge in [-0.2, -0.15) is 0 Å². The van der Waals surface area contributed by atoms with Crippen LogP contribution in [0.25, 0.3) is 0 Å². The predicted octanol–water partition coefficient (Wildman–Crippen LogP) is -0.0318. The van der Waals surface area contributed by atoms with Gasteiger partial charge in [-0.05, 0) is 20.3 Å². The molecule has 1 atom stereocenters. The lowest BCUT2D eigenvalue weighted by Gasteiger charge is -2.13. The number of nitrogens with one attached hydrogen (secondary N) is 1. The molecule has 1 amide bonds. The van der Waals surface area contributed by atoms with Crippen molar-refractivity contribution in [2.45, 2.75) is 44.9 Å². The van der Waals surface area contributed by atoms with E-state index in [4.69, 9.17) is 5.73 Å². The summed E-state index contributed by atoms with van der Waals surface area (Å²) >= 11 is 0. The number of carbonyl (C=O) groups excluding carboxylic acids is 1. The Morgan fingerprint density at radius 2 is 1.93 bits per heavy atom. The number of carbonyl (C=O) groups is 1. The minimum atomic E-state index is -3.54. The highest BCUT2D eigenvalue weighted by Crippen LogP contribution is 1.99. The quantitative estimate of drug-likeness (QED) is 0.683. The summed E-state index contributed by atoms with van der Waals surface area (Å²) in [7, 11) is -3.54. The molecule has 84 valence electrons. The van der Waals surface area contributed by atoms with Gasteiger partial charge in [0.2, 0.25) is 15.9 Å². The summed E-state index contributed by atoms with van der Waals surface area (Å²) in [6, 6.07) is -0.742. The second-order valence-electron chi connectivity index (χ2n) is 3.46. The van der Waals surface area contributed by atoms with Crippen LogP contribution in [0.5, 0.6) is 0 Å². The van der Waals surface area contributed by atoms with Crippen LogP contribution >= 0.6 is 0 Å². The van der Waals surface area contributed by atoms with E-state index in [0.29, 0.717) is 6.42 Å². The molecule has 6 heteroatoms. The van der Waals surface area contributed by atoms with Gasteiger partial charge in [-0.15, -0.1) is 0 Å². The first-order chi connectivity index (χ1) is 6.31. The van der Waals surface area contributed by atoms with Crippen molar-refractivity contribution < 1.29 is 13.2 Å². The molecule has 5 nitrogen and oxygen atoms in total. The molecule has 0 unspecified atom stereocenters. The Morgan fingerprint density at radius 3 is 2.29 bits per heavy atom. The molecule has 0 aliphatic rings. The van der Waals surface area contributed by atoms with E-state index in [9.17, 15) is 13.2 Å². The van der Waals surface area contributed by atoms with Crippen LogP contribution in [0.3, 0.4) is 0 Å². The van der Waals surface area contributed by atoms with Crippen molar-refractivity contribution in [2.75, 3.05) is 0 Å². The van der Waals surface area contributed by atoms with Crippen LogP contribution in [-0.4, -0.2) is 25.6 Å². The molecular weight excluding hydrogens is 204 g/mol. The first-order valence-electron chi connectivity index (χ1n) is 4.62. The van der Waals surface area contributed by atoms with E-state index in [0.717, 1.165) is 6.42 Å². The first kappa shape index (κ1) is 13.4. The molecule has 14 heavy (non-hydrogen) atoms. The van der Waals surface area contributed by atoms with Crippen molar-refractivity contribution in [3.05, 3.63) is 0 Å². The molecule has 0 aliphatic carbocycles. The van der Waals surface area contributed by atoms with Crippen molar-refractivity contribution in [1.82, 2.24) is 4.72 Å². The van der Waals surface area contributed by atoms with Gasteiger partial charge < -0.3 is 5.73 Å². The number of amides is 1. The Hall–Kier alpha value is -0.620. The summed E-state index contributed by atoms with van der Waals surface area (Å²) in [5, 5.41) is -0.625. The maximum atomic E-state index is 11.3. The summed E-state index contributed by atoms with van der Waals surface area (Å²) < 4.78 is 24.5. The SMILES string of the molecule is CCC[C@@H](N)C(=O)NS(=O)(=O)C(C)C. The zero-order chi connectivity index (χ0) is 11.4. The summed E-state index contributed by atoms with van der Waals surface area (Å²) in [6.45, 7) is 4.88. The smallest absolute Gasteiger partial charge is 0.250 e. The highest BCUT2D eigenvalue weighted by molar-refractivity contribution is 7.90. The lowest BCUT2D eigenvalue weighted by atomic mass is 10.2. The van der Waals surface area contributed by atoms with Crippen LogP contribution in [0.2, 0.25) is 0 Å². The van der Waals surface area contributed by atoms with Crippen LogP contribution in [0.1, 0.15) is 33.6 Å². The van der Waals surface area contributed by atoms with Gasteiger partial charge in [0.1, 0.15) is 0 Å². The van der Waals surface area contributed by atoms with Crippen LogP contribution in [0.4, 0.5) is 0 Å². The monoisotopic (exact) mass is 222 g/mol. The molecule has 0 saturated carbocycles. The molecule has 0 radical (unpaired) electrons.